The highest BCUT2D eigenvalue weighted by Crippen LogP contribution is 2.28. The van der Waals surface area contributed by atoms with Gasteiger partial charge in [-0.25, -0.2) is 8.42 Å². The fourth-order valence-corrected chi connectivity index (χ4v) is 5.20. The summed E-state index contributed by atoms with van der Waals surface area (Å²) in [5.74, 6) is 1.16. The van der Waals surface area contributed by atoms with Crippen molar-refractivity contribution in [3.8, 4) is 17.2 Å². The molecule has 4 aromatic rings. The number of sulfonamides is 1. The number of anilines is 1. The third-order valence-electron chi connectivity index (χ3n) is 5.51. The van der Waals surface area contributed by atoms with Crippen molar-refractivity contribution in [2.24, 2.45) is 0 Å². The molecule has 0 fully saturated rings. The molecule has 0 aromatic heterocycles. The third kappa shape index (κ3) is 7.35. The molecular formula is C29H27ClN2O5S. The second-order valence-corrected chi connectivity index (χ2v) is 10.4. The van der Waals surface area contributed by atoms with Gasteiger partial charge in [-0.15, -0.1) is 0 Å². The van der Waals surface area contributed by atoms with Crippen LogP contribution in [0.3, 0.4) is 0 Å². The van der Waals surface area contributed by atoms with E-state index >= 15 is 0 Å². The molecule has 0 aliphatic rings. The zero-order valence-electron chi connectivity index (χ0n) is 20.6. The van der Waals surface area contributed by atoms with Crippen molar-refractivity contribution >= 4 is 33.2 Å². The minimum atomic E-state index is -4.08. The number of para-hydroxylation sites is 1. The number of carbonyl (C=O) groups is 1. The molecule has 4 aromatic carbocycles. The Bertz CT molecular complexity index is 1460. The van der Waals surface area contributed by atoms with Gasteiger partial charge in [0.15, 0.2) is 0 Å². The molecule has 0 bridgehead atoms. The van der Waals surface area contributed by atoms with Crippen molar-refractivity contribution in [1.29, 1.82) is 0 Å². The number of benzene rings is 4. The second kappa shape index (κ2) is 12.6. The molecule has 38 heavy (non-hydrogen) atoms. The van der Waals surface area contributed by atoms with Crippen LogP contribution in [0.25, 0.3) is 0 Å². The number of hydrogen-bond donors (Lipinski definition) is 2. The first-order chi connectivity index (χ1) is 18.3. The van der Waals surface area contributed by atoms with Crippen LogP contribution in [0.4, 0.5) is 5.69 Å². The lowest BCUT2D eigenvalue weighted by Crippen LogP contribution is -2.45. The van der Waals surface area contributed by atoms with E-state index in [-0.39, 0.29) is 16.3 Å². The van der Waals surface area contributed by atoms with Gasteiger partial charge in [0.1, 0.15) is 23.3 Å². The van der Waals surface area contributed by atoms with Crippen molar-refractivity contribution in [2.75, 3.05) is 11.9 Å². The third-order valence-corrected chi connectivity index (χ3v) is 7.28. The minimum Gasteiger partial charge on any atom is -0.492 e. The van der Waals surface area contributed by atoms with Crippen LogP contribution in [0.5, 0.6) is 17.2 Å². The molecule has 4 rings (SSSR count). The molecule has 0 aliphatic heterocycles. The lowest BCUT2D eigenvalue weighted by molar-refractivity contribution is -0.117. The van der Waals surface area contributed by atoms with E-state index in [2.05, 4.69) is 10.0 Å². The van der Waals surface area contributed by atoms with Crippen molar-refractivity contribution in [3.05, 3.63) is 114 Å². The summed E-state index contributed by atoms with van der Waals surface area (Å²) < 4.78 is 40.2. The van der Waals surface area contributed by atoms with Crippen LogP contribution in [0.1, 0.15) is 12.5 Å². The van der Waals surface area contributed by atoms with Crippen molar-refractivity contribution < 1.29 is 22.7 Å². The van der Waals surface area contributed by atoms with Crippen LogP contribution >= 0.6 is 11.6 Å². The Morgan fingerprint density at radius 3 is 2.13 bits per heavy atom. The lowest BCUT2D eigenvalue weighted by Gasteiger charge is -2.19. The van der Waals surface area contributed by atoms with Gasteiger partial charge in [0.2, 0.25) is 15.9 Å². The van der Waals surface area contributed by atoms with Crippen molar-refractivity contribution in [2.45, 2.75) is 24.3 Å². The van der Waals surface area contributed by atoms with Gasteiger partial charge in [0.25, 0.3) is 0 Å². The maximum absolute atomic E-state index is 13.3. The first-order valence-corrected chi connectivity index (χ1v) is 13.8. The number of hydrogen-bond acceptors (Lipinski definition) is 5. The van der Waals surface area contributed by atoms with Crippen molar-refractivity contribution in [1.82, 2.24) is 4.72 Å². The van der Waals surface area contributed by atoms with Crippen LogP contribution in [0.15, 0.2) is 108 Å². The van der Waals surface area contributed by atoms with Gasteiger partial charge in [0.05, 0.1) is 16.5 Å². The van der Waals surface area contributed by atoms with Crippen LogP contribution in [0, 0.1) is 0 Å². The molecule has 1 unspecified atom stereocenters. The Hall–Kier alpha value is -3.85. The van der Waals surface area contributed by atoms with Crippen LogP contribution in [-0.4, -0.2) is 27.0 Å². The Balaban J connectivity index is 1.51. The summed E-state index contributed by atoms with van der Waals surface area (Å²) >= 11 is 6.21. The maximum atomic E-state index is 13.3. The molecule has 0 heterocycles. The number of rotatable bonds is 11. The molecule has 1 atom stereocenters. The van der Waals surface area contributed by atoms with Crippen LogP contribution in [-0.2, 0) is 21.2 Å². The topological polar surface area (TPSA) is 93.7 Å². The lowest BCUT2D eigenvalue weighted by atomic mass is 10.1. The molecule has 1 amide bonds. The zero-order chi connectivity index (χ0) is 27.0. The van der Waals surface area contributed by atoms with E-state index in [4.69, 9.17) is 21.1 Å². The van der Waals surface area contributed by atoms with Gasteiger partial charge < -0.3 is 14.8 Å². The molecular weight excluding hydrogens is 524 g/mol. The highest BCUT2D eigenvalue weighted by Gasteiger charge is 2.27. The maximum Gasteiger partial charge on any atom is 0.242 e. The van der Waals surface area contributed by atoms with E-state index in [0.717, 1.165) is 5.56 Å². The van der Waals surface area contributed by atoms with E-state index in [1.807, 2.05) is 60.7 Å². The van der Waals surface area contributed by atoms with E-state index < -0.39 is 22.0 Å². The summed E-state index contributed by atoms with van der Waals surface area (Å²) in [7, 11) is -4.08. The largest absolute Gasteiger partial charge is 0.492 e. The summed E-state index contributed by atoms with van der Waals surface area (Å²) in [5, 5.41) is 2.96. The zero-order valence-corrected chi connectivity index (χ0v) is 22.2. The molecule has 0 saturated heterocycles. The van der Waals surface area contributed by atoms with E-state index in [0.29, 0.717) is 29.5 Å². The van der Waals surface area contributed by atoms with Gasteiger partial charge in [-0.3, -0.25) is 4.79 Å². The fourth-order valence-electron chi connectivity index (χ4n) is 3.67. The van der Waals surface area contributed by atoms with Gasteiger partial charge in [-0.1, -0.05) is 60.1 Å². The summed E-state index contributed by atoms with van der Waals surface area (Å²) in [6, 6.07) is 28.4. The van der Waals surface area contributed by atoms with Gasteiger partial charge in [-0.05, 0) is 73.5 Å². The average Bonchev–Trinajstić information content (AvgIpc) is 2.92. The average molecular weight is 551 g/mol. The Morgan fingerprint density at radius 1 is 0.868 bits per heavy atom. The predicted octanol–water partition coefficient (Wildman–Crippen LogP) is 6.06. The molecule has 0 radical (unpaired) electrons. The number of nitrogens with one attached hydrogen (secondary N) is 2. The quantitative estimate of drug-likeness (QED) is 0.237. The molecule has 0 saturated carbocycles. The van der Waals surface area contributed by atoms with Crippen LogP contribution < -0.4 is 19.5 Å². The minimum absolute atomic E-state index is 0.0702. The van der Waals surface area contributed by atoms with Gasteiger partial charge >= 0.3 is 0 Å². The standard InChI is InChI=1S/C29H27ClN2O5S/c1-2-36-28-18-17-25(20-26(28)30)38(34,35)32-27(19-21-9-5-3-6-10-21)29(33)31-22-13-15-24(16-14-22)37-23-11-7-4-8-12-23/h3-18,20,27,32H,2,19H2,1H3,(H,31,33). The molecule has 0 spiro atoms. The Kier molecular flexibility index (Phi) is 9.02. The van der Waals surface area contributed by atoms with E-state index in [9.17, 15) is 13.2 Å². The number of carbonyl (C=O) groups excluding carboxylic acids is 1. The molecule has 7 nitrogen and oxygen atoms in total. The molecule has 196 valence electrons. The Labute approximate surface area is 227 Å². The number of ether oxygens (including phenoxy) is 2. The fraction of sp³-hybridized carbons (Fsp3) is 0.138. The molecule has 9 heteroatoms. The smallest absolute Gasteiger partial charge is 0.242 e. The van der Waals surface area contributed by atoms with E-state index in [1.165, 1.54) is 18.2 Å². The normalized spacial score (nSPS) is 11.9. The first-order valence-electron chi connectivity index (χ1n) is 12.0. The number of halogens is 1. The SMILES string of the molecule is CCOc1ccc(S(=O)(=O)NC(Cc2ccccc2)C(=O)Nc2ccc(Oc3ccccc3)cc2)cc1Cl. The van der Waals surface area contributed by atoms with Gasteiger partial charge in [-0.2, -0.15) is 4.72 Å². The highest BCUT2D eigenvalue weighted by atomic mass is 35.5. The van der Waals surface area contributed by atoms with Crippen LogP contribution in [0.2, 0.25) is 5.02 Å². The Morgan fingerprint density at radius 2 is 1.50 bits per heavy atom. The van der Waals surface area contributed by atoms with Gasteiger partial charge in [0, 0.05) is 5.69 Å². The summed E-state index contributed by atoms with van der Waals surface area (Å²) in [5.41, 5.74) is 1.29. The predicted molar refractivity (Wildman–Crippen MR) is 148 cm³/mol. The highest BCUT2D eigenvalue weighted by molar-refractivity contribution is 7.89. The second-order valence-electron chi connectivity index (χ2n) is 8.32. The summed E-state index contributed by atoms with van der Waals surface area (Å²) in [6.07, 6.45) is 0.145. The first kappa shape index (κ1) is 27.2. The van der Waals surface area contributed by atoms with Crippen molar-refractivity contribution in [3.63, 3.8) is 0 Å². The monoisotopic (exact) mass is 550 g/mol. The summed E-state index contributed by atoms with van der Waals surface area (Å²) in [4.78, 5) is 13.2. The summed E-state index contributed by atoms with van der Waals surface area (Å²) in [6.45, 7) is 2.20. The molecule has 0 aliphatic carbocycles. The molecule has 2 N–H and O–H groups in total. The number of amides is 1. The van der Waals surface area contributed by atoms with E-state index in [1.54, 1.807) is 31.2 Å².